The third-order valence-electron chi connectivity index (χ3n) is 5.94. The van der Waals surface area contributed by atoms with Gasteiger partial charge in [0.25, 0.3) is 5.91 Å². The van der Waals surface area contributed by atoms with Crippen molar-refractivity contribution in [1.82, 2.24) is 10.2 Å². The number of carbonyl (C=O) groups excluding carboxylic acids is 1. The summed E-state index contributed by atoms with van der Waals surface area (Å²) in [4.78, 5) is 15.6. The molecule has 32 heavy (non-hydrogen) atoms. The first-order valence-electron chi connectivity index (χ1n) is 11.2. The summed E-state index contributed by atoms with van der Waals surface area (Å²) in [6, 6.07) is 25.6. The number of nitrogens with zero attached hydrogens (tertiary/aromatic N) is 1. The summed E-state index contributed by atoms with van der Waals surface area (Å²) in [5.41, 5.74) is 2.71. The van der Waals surface area contributed by atoms with E-state index in [9.17, 15) is 4.79 Å². The molecular formula is C27H30N2O3. The van der Waals surface area contributed by atoms with Crippen molar-refractivity contribution in [2.75, 3.05) is 26.7 Å². The fraction of sp³-hybridized carbons (Fsp3) is 0.296. The highest BCUT2D eigenvalue weighted by atomic mass is 16.5. The predicted octanol–water partition coefficient (Wildman–Crippen LogP) is 4.84. The number of hydrogen-bond donors (Lipinski definition) is 1. The highest BCUT2D eigenvalue weighted by Crippen LogP contribution is 2.26. The van der Waals surface area contributed by atoms with Crippen LogP contribution in [0.15, 0.2) is 78.9 Å². The Morgan fingerprint density at radius 1 is 0.906 bits per heavy atom. The van der Waals surface area contributed by atoms with Gasteiger partial charge in [0.05, 0.1) is 13.2 Å². The number of methoxy groups -OCH3 is 1. The van der Waals surface area contributed by atoms with E-state index in [0.717, 1.165) is 30.2 Å². The predicted molar refractivity (Wildman–Crippen MR) is 126 cm³/mol. The number of ether oxygens (including phenoxy) is 2. The average Bonchev–Trinajstić information content (AvgIpc) is 3.38. The zero-order chi connectivity index (χ0) is 22.2. The van der Waals surface area contributed by atoms with Crippen molar-refractivity contribution in [3.63, 3.8) is 0 Å². The summed E-state index contributed by atoms with van der Waals surface area (Å²) >= 11 is 0. The third-order valence-corrected chi connectivity index (χ3v) is 5.94. The molecule has 1 atom stereocenters. The quantitative estimate of drug-likeness (QED) is 0.528. The minimum Gasteiger partial charge on any atom is -0.497 e. The Morgan fingerprint density at radius 2 is 1.59 bits per heavy atom. The van der Waals surface area contributed by atoms with Crippen molar-refractivity contribution >= 4 is 5.91 Å². The van der Waals surface area contributed by atoms with Gasteiger partial charge in [0.15, 0.2) is 0 Å². The molecule has 0 saturated carbocycles. The number of para-hydroxylation sites is 1. The summed E-state index contributed by atoms with van der Waals surface area (Å²) in [6.45, 7) is 3.00. The van der Waals surface area contributed by atoms with Crippen LogP contribution in [0.4, 0.5) is 0 Å². The van der Waals surface area contributed by atoms with Crippen LogP contribution in [0.1, 0.15) is 40.4 Å². The van der Waals surface area contributed by atoms with Crippen molar-refractivity contribution in [2.24, 2.45) is 0 Å². The Bertz CT molecular complexity index is 999. The lowest BCUT2D eigenvalue weighted by molar-refractivity contribution is 0.0935. The molecule has 0 spiro atoms. The molecule has 1 aliphatic rings. The monoisotopic (exact) mass is 430 g/mol. The van der Waals surface area contributed by atoms with Gasteiger partial charge in [-0.25, -0.2) is 0 Å². The number of rotatable bonds is 9. The van der Waals surface area contributed by atoms with Crippen LogP contribution in [0.25, 0.3) is 0 Å². The number of benzene rings is 3. The highest BCUT2D eigenvalue weighted by Gasteiger charge is 2.24. The van der Waals surface area contributed by atoms with E-state index in [1.165, 1.54) is 18.4 Å². The SMILES string of the molecule is COc1ccc(C(CNC(=O)c2ccccc2COc2ccccc2)N2CCCC2)cc1. The second-order valence-corrected chi connectivity index (χ2v) is 8.00. The molecule has 0 bridgehead atoms. The molecule has 1 amide bonds. The highest BCUT2D eigenvalue weighted by molar-refractivity contribution is 5.95. The molecule has 5 nitrogen and oxygen atoms in total. The molecule has 5 heteroatoms. The fourth-order valence-electron chi connectivity index (χ4n) is 4.17. The van der Waals surface area contributed by atoms with Gasteiger partial charge in [0, 0.05) is 17.7 Å². The second kappa shape index (κ2) is 10.8. The lowest BCUT2D eigenvalue weighted by Crippen LogP contribution is -2.37. The second-order valence-electron chi connectivity index (χ2n) is 8.00. The van der Waals surface area contributed by atoms with Crippen LogP contribution < -0.4 is 14.8 Å². The Kier molecular flexibility index (Phi) is 7.41. The molecule has 3 aromatic rings. The molecule has 0 aliphatic carbocycles. The Balaban J connectivity index is 1.44. The smallest absolute Gasteiger partial charge is 0.251 e. The van der Waals surface area contributed by atoms with Crippen LogP contribution in [-0.2, 0) is 6.61 Å². The maximum atomic E-state index is 13.1. The molecule has 1 N–H and O–H groups in total. The van der Waals surface area contributed by atoms with E-state index in [1.807, 2.05) is 66.7 Å². The standard InChI is InChI=1S/C27H30N2O3/c1-31-23-15-13-21(14-16-23)26(29-17-7-8-18-29)19-28-27(30)25-12-6-5-9-22(25)20-32-24-10-3-2-4-11-24/h2-6,9-16,26H,7-8,17-20H2,1H3,(H,28,30). The van der Waals surface area contributed by atoms with Crippen molar-refractivity contribution < 1.29 is 14.3 Å². The topological polar surface area (TPSA) is 50.8 Å². The maximum Gasteiger partial charge on any atom is 0.251 e. The van der Waals surface area contributed by atoms with Crippen LogP contribution in [0.3, 0.4) is 0 Å². The molecule has 1 unspecified atom stereocenters. The van der Waals surface area contributed by atoms with Gasteiger partial charge in [-0.05, 0) is 61.8 Å². The molecule has 0 radical (unpaired) electrons. The van der Waals surface area contributed by atoms with E-state index in [4.69, 9.17) is 9.47 Å². The first-order valence-corrected chi connectivity index (χ1v) is 11.2. The first-order chi connectivity index (χ1) is 15.7. The van der Waals surface area contributed by atoms with Gasteiger partial charge in [0.2, 0.25) is 0 Å². The van der Waals surface area contributed by atoms with Gasteiger partial charge >= 0.3 is 0 Å². The van der Waals surface area contributed by atoms with Gasteiger partial charge in [0.1, 0.15) is 18.1 Å². The van der Waals surface area contributed by atoms with E-state index in [2.05, 4.69) is 22.3 Å². The number of carbonyl (C=O) groups is 1. The Labute approximate surface area is 190 Å². The molecular weight excluding hydrogens is 400 g/mol. The minimum absolute atomic E-state index is 0.0741. The van der Waals surface area contributed by atoms with Crippen molar-refractivity contribution in [2.45, 2.75) is 25.5 Å². The molecule has 1 heterocycles. The average molecular weight is 431 g/mol. The molecule has 1 aliphatic heterocycles. The lowest BCUT2D eigenvalue weighted by atomic mass is 10.0. The lowest BCUT2D eigenvalue weighted by Gasteiger charge is -2.28. The van der Waals surface area contributed by atoms with E-state index in [0.29, 0.717) is 18.7 Å². The van der Waals surface area contributed by atoms with Gasteiger partial charge in [-0.15, -0.1) is 0 Å². The van der Waals surface area contributed by atoms with Crippen LogP contribution in [0, 0.1) is 0 Å². The Morgan fingerprint density at radius 3 is 2.31 bits per heavy atom. The fourth-order valence-corrected chi connectivity index (χ4v) is 4.17. The van der Waals surface area contributed by atoms with Gasteiger partial charge in [-0.3, -0.25) is 9.69 Å². The first kappa shape index (κ1) is 21.9. The summed E-state index contributed by atoms with van der Waals surface area (Å²) < 4.78 is 11.2. The van der Waals surface area contributed by atoms with Crippen LogP contribution in [0.5, 0.6) is 11.5 Å². The molecule has 3 aromatic carbocycles. The largest absolute Gasteiger partial charge is 0.497 e. The van der Waals surface area contributed by atoms with E-state index >= 15 is 0 Å². The van der Waals surface area contributed by atoms with Gasteiger partial charge in [-0.1, -0.05) is 48.5 Å². The normalized spacial score (nSPS) is 14.7. The van der Waals surface area contributed by atoms with Crippen molar-refractivity contribution in [1.29, 1.82) is 0 Å². The van der Waals surface area contributed by atoms with Gasteiger partial charge in [-0.2, -0.15) is 0 Å². The number of nitrogens with one attached hydrogen (secondary N) is 1. The number of likely N-dealkylation sites (tertiary alicyclic amines) is 1. The van der Waals surface area contributed by atoms with Crippen molar-refractivity contribution in [3.8, 4) is 11.5 Å². The minimum atomic E-state index is -0.0741. The summed E-state index contributed by atoms with van der Waals surface area (Å²) in [5.74, 6) is 1.55. The van der Waals surface area contributed by atoms with Crippen molar-refractivity contribution in [3.05, 3.63) is 95.6 Å². The van der Waals surface area contributed by atoms with Crippen LogP contribution in [-0.4, -0.2) is 37.6 Å². The number of amides is 1. The van der Waals surface area contributed by atoms with E-state index in [1.54, 1.807) is 7.11 Å². The number of hydrogen-bond acceptors (Lipinski definition) is 4. The molecule has 1 saturated heterocycles. The Hall–Kier alpha value is -3.31. The van der Waals surface area contributed by atoms with Crippen LogP contribution >= 0.6 is 0 Å². The summed E-state index contributed by atoms with van der Waals surface area (Å²) in [7, 11) is 1.67. The molecule has 166 valence electrons. The van der Waals surface area contributed by atoms with Crippen LogP contribution in [0.2, 0.25) is 0 Å². The van der Waals surface area contributed by atoms with Gasteiger partial charge < -0.3 is 14.8 Å². The maximum absolute atomic E-state index is 13.1. The molecule has 4 rings (SSSR count). The summed E-state index contributed by atoms with van der Waals surface area (Å²) in [6.07, 6.45) is 2.39. The molecule has 0 aromatic heterocycles. The van der Waals surface area contributed by atoms with E-state index in [-0.39, 0.29) is 11.9 Å². The molecule has 1 fully saturated rings. The zero-order valence-electron chi connectivity index (χ0n) is 18.5. The zero-order valence-corrected chi connectivity index (χ0v) is 18.5. The van der Waals surface area contributed by atoms with E-state index < -0.39 is 0 Å². The third kappa shape index (κ3) is 5.48. The summed E-state index contributed by atoms with van der Waals surface area (Å²) in [5, 5.41) is 3.17.